The van der Waals surface area contributed by atoms with Crippen molar-refractivity contribution in [2.75, 3.05) is 5.32 Å². The number of amides is 1. The molecule has 3 aromatic rings. The number of ether oxygens (including phenoxy) is 1. The predicted molar refractivity (Wildman–Crippen MR) is 96.7 cm³/mol. The zero-order chi connectivity index (χ0) is 18.0. The summed E-state index contributed by atoms with van der Waals surface area (Å²) in [5.74, 6) is 0.528. The molecule has 0 bridgehead atoms. The number of carbonyl (C=O) groups is 1. The molecule has 0 spiro atoms. The first-order chi connectivity index (χ1) is 11.9. The highest BCUT2D eigenvalue weighted by Crippen LogP contribution is 2.28. The van der Waals surface area contributed by atoms with E-state index in [1.54, 1.807) is 10.9 Å². The van der Waals surface area contributed by atoms with Crippen molar-refractivity contribution >= 4 is 22.5 Å². The van der Waals surface area contributed by atoms with E-state index in [1.165, 1.54) is 0 Å². The summed E-state index contributed by atoms with van der Waals surface area (Å²) in [6.45, 7) is 6.45. The molecule has 25 heavy (non-hydrogen) atoms. The average molecular weight is 341 g/mol. The molecule has 0 aliphatic heterocycles. The van der Waals surface area contributed by atoms with Crippen LogP contribution in [-0.4, -0.2) is 31.6 Å². The van der Waals surface area contributed by atoms with Gasteiger partial charge in [0.05, 0.1) is 17.0 Å². The molecule has 2 aromatic heterocycles. The summed E-state index contributed by atoms with van der Waals surface area (Å²) in [7, 11) is 1.88. The second-order valence-electron chi connectivity index (χ2n) is 6.32. The number of fused-ring (bicyclic) bond motifs is 1. The summed E-state index contributed by atoms with van der Waals surface area (Å²) >= 11 is 0. The number of hydrogen-bond acceptors (Lipinski definition) is 4. The van der Waals surface area contributed by atoms with Crippen LogP contribution in [0.2, 0.25) is 0 Å². The second kappa shape index (κ2) is 6.96. The fourth-order valence-electron chi connectivity index (χ4n) is 2.69. The van der Waals surface area contributed by atoms with Gasteiger partial charge in [-0.25, -0.2) is 0 Å². The number of nitrogens with one attached hydrogen (secondary N) is 1. The smallest absolute Gasteiger partial charge is 0.241 e. The summed E-state index contributed by atoms with van der Waals surface area (Å²) < 4.78 is 9.36. The van der Waals surface area contributed by atoms with Gasteiger partial charge in [0.25, 0.3) is 0 Å². The quantitative estimate of drug-likeness (QED) is 0.748. The predicted octanol–water partition coefficient (Wildman–Crippen LogP) is 2.89. The maximum atomic E-state index is 12.2. The van der Waals surface area contributed by atoms with Gasteiger partial charge in [-0.3, -0.25) is 14.2 Å². The highest BCUT2D eigenvalue weighted by molar-refractivity contribution is 5.95. The Morgan fingerprint density at radius 3 is 2.80 bits per heavy atom. The third-order valence-electron chi connectivity index (χ3n) is 3.93. The minimum atomic E-state index is -0.0514. The van der Waals surface area contributed by atoms with Crippen LogP contribution >= 0.6 is 0 Å². The SMILES string of the molecule is Cc1ccnn1CCC(=O)Nc1ccc2c(c1)c(OC(C)C)nn2C. The Balaban J connectivity index is 1.72. The molecular formula is C18H23N5O2. The zero-order valence-corrected chi connectivity index (χ0v) is 15.0. The summed E-state index contributed by atoms with van der Waals surface area (Å²) in [6.07, 6.45) is 2.14. The van der Waals surface area contributed by atoms with Gasteiger partial charge < -0.3 is 10.1 Å². The maximum Gasteiger partial charge on any atom is 0.241 e. The summed E-state index contributed by atoms with van der Waals surface area (Å²) in [5, 5.41) is 12.4. The van der Waals surface area contributed by atoms with E-state index in [-0.39, 0.29) is 12.0 Å². The van der Waals surface area contributed by atoms with E-state index in [0.717, 1.165) is 22.3 Å². The van der Waals surface area contributed by atoms with Crippen molar-refractivity contribution in [3.8, 4) is 5.88 Å². The maximum absolute atomic E-state index is 12.2. The van der Waals surface area contributed by atoms with Crippen molar-refractivity contribution in [2.45, 2.75) is 39.8 Å². The average Bonchev–Trinajstić information content (AvgIpc) is 3.09. The second-order valence-corrected chi connectivity index (χ2v) is 6.32. The van der Waals surface area contributed by atoms with Gasteiger partial charge in [0.2, 0.25) is 11.8 Å². The van der Waals surface area contributed by atoms with Crippen molar-refractivity contribution in [1.29, 1.82) is 0 Å². The molecule has 0 radical (unpaired) electrons. The molecule has 0 atom stereocenters. The number of nitrogens with zero attached hydrogens (tertiary/aromatic N) is 4. The van der Waals surface area contributed by atoms with Gasteiger partial charge in [0.1, 0.15) is 0 Å². The first-order valence-corrected chi connectivity index (χ1v) is 8.35. The Kier molecular flexibility index (Phi) is 4.74. The Morgan fingerprint density at radius 2 is 2.12 bits per heavy atom. The van der Waals surface area contributed by atoms with Gasteiger partial charge in [0.15, 0.2) is 0 Å². The lowest BCUT2D eigenvalue weighted by molar-refractivity contribution is -0.116. The van der Waals surface area contributed by atoms with Crippen LogP contribution in [0.3, 0.4) is 0 Å². The Bertz CT molecular complexity index is 894. The number of aromatic nitrogens is 4. The zero-order valence-electron chi connectivity index (χ0n) is 15.0. The summed E-state index contributed by atoms with van der Waals surface area (Å²) in [5.41, 5.74) is 2.73. The first-order valence-electron chi connectivity index (χ1n) is 8.35. The number of rotatable bonds is 6. The highest BCUT2D eigenvalue weighted by atomic mass is 16.5. The van der Waals surface area contributed by atoms with E-state index in [4.69, 9.17) is 4.74 Å². The molecule has 0 saturated heterocycles. The number of hydrogen-bond donors (Lipinski definition) is 1. The summed E-state index contributed by atoms with van der Waals surface area (Å²) in [4.78, 5) is 12.2. The first kappa shape index (κ1) is 17.0. The largest absolute Gasteiger partial charge is 0.473 e. The number of anilines is 1. The Morgan fingerprint density at radius 1 is 1.32 bits per heavy atom. The lowest BCUT2D eigenvalue weighted by Gasteiger charge is -2.08. The number of benzene rings is 1. The van der Waals surface area contributed by atoms with E-state index in [0.29, 0.717) is 18.8 Å². The van der Waals surface area contributed by atoms with E-state index in [9.17, 15) is 4.79 Å². The molecule has 1 aromatic carbocycles. The standard InChI is InChI=1S/C18H23N5O2/c1-12(2)25-18-15-11-14(5-6-16(15)22(4)21-18)20-17(24)8-10-23-13(3)7-9-19-23/h5-7,9,11-12H,8,10H2,1-4H3,(H,20,24). The molecule has 7 heteroatoms. The van der Waals surface area contributed by atoms with Crippen LogP contribution in [0.15, 0.2) is 30.5 Å². The molecule has 0 aliphatic rings. The molecule has 1 amide bonds. The van der Waals surface area contributed by atoms with Crippen LogP contribution in [0.25, 0.3) is 10.9 Å². The van der Waals surface area contributed by atoms with E-state index >= 15 is 0 Å². The van der Waals surface area contributed by atoms with Gasteiger partial charge in [-0.2, -0.15) is 5.10 Å². The van der Waals surface area contributed by atoms with E-state index < -0.39 is 0 Å². The minimum Gasteiger partial charge on any atom is -0.473 e. The lowest BCUT2D eigenvalue weighted by Crippen LogP contribution is -2.15. The van der Waals surface area contributed by atoms with Crippen LogP contribution in [-0.2, 0) is 18.4 Å². The Labute approximate surface area is 146 Å². The molecule has 0 fully saturated rings. The molecule has 0 aliphatic carbocycles. The van der Waals surface area contributed by atoms with Crippen molar-refractivity contribution in [2.24, 2.45) is 7.05 Å². The molecule has 3 rings (SSSR count). The third-order valence-corrected chi connectivity index (χ3v) is 3.93. The third kappa shape index (κ3) is 3.81. The lowest BCUT2D eigenvalue weighted by atomic mass is 10.2. The van der Waals surface area contributed by atoms with Gasteiger partial charge in [0, 0.05) is 37.6 Å². The highest BCUT2D eigenvalue weighted by Gasteiger charge is 2.13. The molecule has 1 N–H and O–H groups in total. The number of carbonyl (C=O) groups excluding carboxylic acids is 1. The van der Waals surface area contributed by atoms with Crippen LogP contribution in [0.1, 0.15) is 26.0 Å². The molecule has 0 saturated carbocycles. The molecular weight excluding hydrogens is 318 g/mol. The topological polar surface area (TPSA) is 74.0 Å². The van der Waals surface area contributed by atoms with Crippen LogP contribution < -0.4 is 10.1 Å². The fraction of sp³-hybridized carbons (Fsp3) is 0.389. The van der Waals surface area contributed by atoms with Gasteiger partial charge in [-0.05, 0) is 45.0 Å². The van der Waals surface area contributed by atoms with Crippen LogP contribution in [0, 0.1) is 6.92 Å². The minimum absolute atomic E-state index is 0.0358. The molecule has 7 nitrogen and oxygen atoms in total. The molecule has 2 heterocycles. The van der Waals surface area contributed by atoms with Crippen molar-refractivity contribution in [3.05, 3.63) is 36.2 Å². The normalized spacial score (nSPS) is 11.2. The van der Waals surface area contributed by atoms with E-state index in [1.807, 2.05) is 56.8 Å². The van der Waals surface area contributed by atoms with Crippen LogP contribution in [0.5, 0.6) is 5.88 Å². The Hall–Kier alpha value is -2.83. The van der Waals surface area contributed by atoms with Crippen molar-refractivity contribution in [3.63, 3.8) is 0 Å². The monoisotopic (exact) mass is 341 g/mol. The van der Waals surface area contributed by atoms with Gasteiger partial charge >= 0.3 is 0 Å². The van der Waals surface area contributed by atoms with E-state index in [2.05, 4.69) is 15.5 Å². The van der Waals surface area contributed by atoms with Crippen LogP contribution in [0.4, 0.5) is 5.69 Å². The van der Waals surface area contributed by atoms with Gasteiger partial charge in [-0.1, -0.05) is 0 Å². The van der Waals surface area contributed by atoms with Crippen molar-refractivity contribution < 1.29 is 9.53 Å². The summed E-state index contributed by atoms with van der Waals surface area (Å²) in [6, 6.07) is 7.63. The molecule has 0 unspecified atom stereocenters. The fourth-order valence-corrected chi connectivity index (χ4v) is 2.69. The van der Waals surface area contributed by atoms with Gasteiger partial charge in [-0.15, -0.1) is 5.10 Å². The number of aryl methyl sites for hydroxylation is 3. The molecule has 132 valence electrons. The van der Waals surface area contributed by atoms with Crippen molar-refractivity contribution in [1.82, 2.24) is 19.6 Å².